The lowest BCUT2D eigenvalue weighted by atomic mass is 10.1. The van der Waals surface area contributed by atoms with E-state index in [1.54, 1.807) is 23.1 Å². The Morgan fingerprint density at radius 2 is 0.924 bits per heavy atom. The molecule has 6 aromatic rings. The van der Waals surface area contributed by atoms with Crippen LogP contribution in [0.15, 0.2) is 133 Å². The van der Waals surface area contributed by atoms with E-state index in [-0.39, 0.29) is 24.0 Å². The number of rotatable bonds is 14. The second-order valence-electron chi connectivity index (χ2n) is 20.6. The number of piperazine rings is 2. The number of amides is 2. The van der Waals surface area contributed by atoms with Crippen molar-refractivity contribution >= 4 is 66.4 Å². The number of hydrogen-bond acceptors (Lipinski definition) is 13. The Bertz CT molecular complexity index is 3320. The Balaban J connectivity index is 0.000000193. The molecule has 0 bridgehead atoms. The maximum absolute atomic E-state index is 13.4. The lowest BCUT2D eigenvalue weighted by molar-refractivity contribution is 0.0981. The zero-order valence-corrected chi connectivity index (χ0v) is 47.0. The average Bonchev–Trinajstić information content (AvgIpc) is 4.13. The summed E-state index contributed by atoms with van der Waals surface area (Å²) in [7, 11) is -7.52. The molecule has 4 aliphatic rings. The molecule has 2 saturated heterocycles. The summed E-state index contributed by atoms with van der Waals surface area (Å²) < 4.78 is 55.4. The SMILES string of the molecule is CC(C)Oc1ccccc1N1CCN(Cc2cccc(C(=O)N3CCc4cc(N)ccc43)c2)CC1.CC(C)Oc1ccccc1N1CCN(Cc2cccc(C(=O)N3CCc4cc(NS(N)(=O)=O)ccc43)c2)CC1.NS(N)(=O)=O. The van der Waals surface area contributed by atoms with Crippen molar-refractivity contribution in [2.45, 2.75) is 65.8 Å². The number of carbonyl (C=O) groups is 2. The lowest BCUT2D eigenvalue weighted by Gasteiger charge is -2.37. The second kappa shape index (κ2) is 25.7. The van der Waals surface area contributed by atoms with Gasteiger partial charge in [-0.3, -0.25) is 24.1 Å². The number of carbonyl (C=O) groups excluding carboxylic acids is 2. The van der Waals surface area contributed by atoms with Gasteiger partial charge >= 0.3 is 0 Å². The molecule has 0 saturated carbocycles. The highest BCUT2D eigenvalue weighted by Gasteiger charge is 2.29. The van der Waals surface area contributed by atoms with E-state index < -0.39 is 20.4 Å². The van der Waals surface area contributed by atoms with E-state index in [2.05, 4.69) is 97.0 Å². The van der Waals surface area contributed by atoms with Crippen LogP contribution in [0.1, 0.15) is 70.7 Å². The predicted octanol–water partition coefficient (Wildman–Crippen LogP) is 6.34. The highest BCUT2D eigenvalue weighted by molar-refractivity contribution is 7.90. The summed E-state index contributed by atoms with van der Waals surface area (Å²) in [5.74, 6) is 1.87. The van der Waals surface area contributed by atoms with Crippen LogP contribution in [0, 0.1) is 0 Å². The van der Waals surface area contributed by atoms with Gasteiger partial charge in [0, 0.05) is 107 Å². The molecule has 79 heavy (non-hydrogen) atoms. The van der Waals surface area contributed by atoms with E-state index in [1.165, 1.54) is 11.3 Å². The van der Waals surface area contributed by atoms with Gasteiger partial charge in [-0.25, -0.2) is 15.4 Å². The smallest absolute Gasteiger partial charge is 0.296 e. The van der Waals surface area contributed by atoms with Gasteiger partial charge in [-0.05, 0) is 148 Å². The van der Waals surface area contributed by atoms with E-state index in [9.17, 15) is 26.4 Å². The van der Waals surface area contributed by atoms with Crippen LogP contribution in [0.5, 0.6) is 11.5 Å². The van der Waals surface area contributed by atoms with Crippen LogP contribution in [0.2, 0.25) is 0 Å². The Morgan fingerprint density at radius 1 is 0.506 bits per heavy atom. The van der Waals surface area contributed by atoms with E-state index in [0.717, 1.165) is 128 Å². The molecule has 0 radical (unpaired) electrons. The largest absolute Gasteiger partial charge is 0.489 e. The summed E-state index contributed by atoms with van der Waals surface area (Å²) >= 11 is 0. The number of nitrogens with two attached hydrogens (primary N) is 4. The zero-order chi connectivity index (χ0) is 56.4. The highest BCUT2D eigenvalue weighted by Crippen LogP contribution is 2.35. The van der Waals surface area contributed by atoms with Crippen LogP contribution in [0.25, 0.3) is 0 Å². The van der Waals surface area contributed by atoms with Gasteiger partial charge in [0.1, 0.15) is 11.5 Å². The number of anilines is 6. The Morgan fingerprint density at radius 3 is 1.35 bits per heavy atom. The zero-order valence-electron chi connectivity index (χ0n) is 45.3. The van der Waals surface area contributed by atoms with Crippen molar-refractivity contribution in [1.82, 2.24) is 9.80 Å². The van der Waals surface area contributed by atoms with E-state index in [1.807, 2.05) is 85.5 Å². The minimum atomic E-state index is -3.85. The minimum absolute atomic E-state index is 0.0574. The quantitative estimate of drug-likeness (QED) is 0.0747. The molecule has 19 nitrogen and oxygen atoms in total. The summed E-state index contributed by atoms with van der Waals surface area (Å²) in [6.45, 7) is 18.6. The minimum Gasteiger partial charge on any atom is -0.489 e. The Hall–Kier alpha value is -7.24. The van der Waals surface area contributed by atoms with Crippen LogP contribution in [-0.2, 0) is 46.3 Å². The molecule has 2 amide bonds. The van der Waals surface area contributed by atoms with Crippen molar-refractivity contribution in [3.8, 4) is 11.5 Å². The number of nitrogens with one attached hydrogen (secondary N) is 1. The van der Waals surface area contributed by atoms with Gasteiger partial charge in [-0.2, -0.15) is 16.8 Å². The van der Waals surface area contributed by atoms with Crippen molar-refractivity contribution < 1.29 is 35.9 Å². The van der Waals surface area contributed by atoms with Gasteiger partial charge in [-0.15, -0.1) is 0 Å². The molecule has 4 heterocycles. The van der Waals surface area contributed by atoms with Gasteiger partial charge in [-0.1, -0.05) is 48.5 Å². The fourth-order valence-corrected chi connectivity index (χ4v) is 10.8. The average molecular weight is 1120 g/mol. The van der Waals surface area contributed by atoms with Gasteiger partial charge in [0.05, 0.1) is 29.3 Å². The number of ether oxygens (including phenoxy) is 2. The molecule has 2 fully saturated rings. The highest BCUT2D eigenvalue weighted by atomic mass is 32.2. The summed E-state index contributed by atoms with van der Waals surface area (Å²) in [5, 5.41) is 13.3. The van der Waals surface area contributed by atoms with Crippen molar-refractivity contribution in [3.05, 3.63) is 167 Å². The molecule has 0 atom stereocenters. The summed E-state index contributed by atoms with van der Waals surface area (Å²) in [5.41, 5.74) is 16.9. The maximum atomic E-state index is 13.4. The standard InChI is InChI=1S/C29H35N5O4S.C29H34N4O2.H4N2O2S/c1-21(2)38-28-9-4-3-8-27(28)33-16-14-32(15-17-33)20-22-6-5-7-24(18-22)29(35)34-13-12-23-19-25(10-11-26(23)34)31-39(30,36)37;1-21(2)35-28-9-4-3-8-27(28)32-16-14-31(15-17-32)20-22-6-5-7-24(18-22)29(34)33-13-12-23-19-25(30)10-11-26(23)33;1-5(2,3)4/h3-11,18-19,21,31H,12-17,20H2,1-2H3,(H2,30,36,37);3-11,18-19,21H,12-17,20,30H2,1-2H3;(H4,1,2,3,4). The molecular weight excluding hydrogens is 1040 g/mol. The van der Waals surface area contributed by atoms with Gasteiger partial charge in [0.15, 0.2) is 0 Å². The first kappa shape index (κ1) is 57.9. The first-order valence-corrected chi connectivity index (χ1v) is 29.7. The van der Waals surface area contributed by atoms with Crippen LogP contribution < -0.4 is 54.9 Å². The number of para-hydroxylation sites is 4. The molecule has 9 N–H and O–H groups in total. The predicted molar refractivity (Wildman–Crippen MR) is 314 cm³/mol. The third kappa shape index (κ3) is 16.2. The fourth-order valence-electron chi connectivity index (χ4n) is 10.3. The molecule has 0 spiro atoms. The molecule has 10 rings (SSSR count). The topological polar surface area (TPSA) is 256 Å². The molecule has 420 valence electrons. The maximum Gasteiger partial charge on any atom is 0.296 e. The molecule has 0 aromatic heterocycles. The lowest BCUT2D eigenvalue weighted by Crippen LogP contribution is -2.46. The van der Waals surface area contributed by atoms with Crippen molar-refractivity contribution in [2.75, 3.05) is 95.5 Å². The number of hydrogen-bond donors (Lipinski definition) is 5. The normalized spacial score (nSPS) is 15.7. The molecule has 4 aliphatic heterocycles. The second-order valence-corrected chi connectivity index (χ2v) is 23.0. The number of nitrogen functional groups attached to an aromatic ring is 1. The van der Waals surface area contributed by atoms with Crippen molar-refractivity contribution in [2.24, 2.45) is 15.4 Å². The van der Waals surface area contributed by atoms with E-state index >= 15 is 0 Å². The van der Waals surface area contributed by atoms with Crippen LogP contribution in [0.4, 0.5) is 34.1 Å². The van der Waals surface area contributed by atoms with Gasteiger partial charge in [0.2, 0.25) is 0 Å². The van der Waals surface area contributed by atoms with Crippen LogP contribution >= 0.6 is 0 Å². The van der Waals surface area contributed by atoms with E-state index in [0.29, 0.717) is 30.8 Å². The van der Waals surface area contributed by atoms with Gasteiger partial charge in [0.25, 0.3) is 32.2 Å². The summed E-state index contributed by atoms with van der Waals surface area (Å²) in [4.78, 5) is 40.0. The van der Waals surface area contributed by atoms with Crippen LogP contribution in [-0.4, -0.2) is 116 Å². The molecule has 21 heteroatoms. The number of nitrogens with zero attached hydrogens (tertiary/aromatic N) is 6. The summed E-state index contributed by atoms with van der Waals surface area (Å²) in [6, 6.07) is 43.4. The third-order valence-corrected chi connectivity index (χ3v) is 14.3. The Labute approximate surface area is 465 Å². The molecule has 0 unspecified atom stereocenters. The fraction of sp³-hybridized carbons (Fsp3) is 0.345. The summed E-state index contributed by atoms with van der Waals surface area (Å²) in [6.07, 6.45) is 1.78. The van der Waals surface area contributed by atoms with E-state index in [4.69, 9.17) is 20.3 Å². The monoisotopic (exact) mass is 1120 g/mol. The molecule has 6 aromatic carbocycles. The van der Waals surface area contributed by atoms with Crippen molar-refractivity contribution in [3.63, 3.8) is 0 Å². The van der Waals surface area contributed by atoms with Crippen LogP contribution in [0.3, 0.4) is 0 Å². The number of fused-ring (bicyclic) bond motifs is 2. The first-order valence-electron chi connectivity index (χ1n) is 26.5. The molecule has 0 aliphatic carbocycles. The van der Waals surface area contributed by atoms with Gasteiger partial charge < -0.3 is 34.8 Å². The van der Waals surface area contributed by atoms with Crippen molar-refractivity contribution in [1.29, 1.82) is 0 Å². The first-order chi connectivity index (χ1) is 37.6. The Kier molecular flexibility index (Phi) is 18.8. The number of benzene rings is 6. The molecular formula is C58H73N11O8S2. The third-order valence-electron chi connectivity index (χ3n) is 13.8.